The number of nitrogens with one attached hydrogen (secondary N) is 1. The predicted octanol–water partition coefficient (Wildman–Crippen LogP) is 3.93. The van der Waals surface area contributed by atoms with Gasteiger partial charge in [-0.2, -0.15) is 0 Å². The molecule has 1 aromatic carbocycles. The number of benzene rings is 1. The topological polar surface area (TPSA) is 111 Å². The summed E-state index contributed by atoms with van der Waals surface area (Å²) in [6, 6.07) is 8.03. The third-order valence-electron chi connectivity index (χ3n) is 6.56. The number of nitrogens with zero attached hydrogens (tertiary/aromatic N) is 6. The number of anilines is 1. The van der Waals surface area contributed by atoms with E-state index in [0.29, 0.717) is 47.5 Å². The number of amides is 1. The van der Waals surface area contributed by atoms with Crippen LogP contribution in [0.25, 0.3) is 17.2 Å². The molecule has 1 unspecified atom stereocenters. The summed E-state index contributed by atoms with van der Waals surface area (Å²) in [6.07, 6.45) is 6.73. The smallest absolute Gasteiger partial charge is 0.259 e. The Kier molecular flexibility index (Phi) is 5.18. The van der Waals surface area contributed by atoms with Crippen molar-refractivity contribution in [2.75, 3.05) is 5.32 Å². The van der Waals surface area contributed by atoms with E-state index in [1.54, 1.807) is 37.5 Å². The number of aromatic nitrogens is 6. The number of rotatable bonds is 5. The van der Waals surface area contributed by atoms with E-state index in [2.05, 4.69) is 25.5 Å². The zero-order valence-corrected chi connectivity index (χ0v) is 19.1. The number of fused-ring (bicyclic) bond motifs is 1. The summed E-state index contributed by atoms with van der Waals surface area (Å²) in [4.78, 5) is 22.0. The van der Waals surface area contributed by atoms with Gasteiger partial charge in [0.1, 0.15) is 23.4 Å². The van der Waals surface area contributed by atoms with Crippen molar-refractivity contribution in [2.45, 2.75) is 51.2 Å². The molecule has 6 rings (SSSR count). The van der Waals surface area contributed by atoms with Gasteiger partial charge < -0.3 is 19.6 Å². The fraction of sp³-hybridized carbons (Fsp3) is 0.320. The predicted molar refractivity (Wildman–Crippen MR) is 126 cm³/mol. The summed E-state index contributed by atoms with van der Waals surface area (Å²) in [5.41, 5.74) is 2.85. The summed E-state index contributed by atoms with van der Waals surface area (Å²) in [5, 5.41) is 21.2. The Morgan fingerprint density at radius 3 is 2.89 bits per heavy atom. The van der Waals surface area contributed by atoms with Crippen molar-refractivity contribution in [3.05, 3.63) is 71.3 Å². The summed E-state index contributed by atoms with van der Waals surface area (Å²) in [5.74, 6) is 0.586. The second kappa shape index (κ2) is 8.38. The van der Waals surface area contributed by atoms with E-state index in [4.69, 9.17) is 0 Å². The van der Waals surface area contributed by atoms with Crippen molar-refractivity contribution >= 4 is 11.7 Å². The molecule has 3 aromatic heterocycles. The molecule has 1 saturated carbocycles. The lowest BCUT2D eigenvalue weighted by molar-refractivity contribution is 0.102. The minimum Gasteiger partial charge on any atom is -0.385 e. The van der Waals surface area contributed by atoms with Gasteiger partial charge in [0, 0.05) is 18.7 Å². The van der Waals surface area contributed by atoms with Gasteiger partial charge in [-0.15, -0.1) is 10.2 Å². The SMILES string of the molecule is Cc1cc(F)c(C(=O)Nc2cccc(-c3nnc4n3CCCC4O)n2)cc1-n1cnc(C2CC2)c1. The molecule has 1 aliphatic carbocycles. The Hall–Kier alpha value is -3.92. The second-order valence-corrected chi connectivity index (χ2v) is 9.15. The fourth-order valence-electron chi connectivity index (χ4n) is 4.53. The van der Waals surface area contributed by atoms with Gasteiger partial charge in [-0.25, -0.2) is 14.4 Å². The number of carbonyl (C=O) groups is 1. The van der Waals surface area contributed by atoms with Gasteiger partial charge in [0.25, 0.3) is 5.91 Å². The number of halogens is 1. The molecule has 1 amide bonds. The lowest BCUT2D eigenvalue weighted by atomic mass is 10.1. The summed E-state index contributed by atoms with van der Waals surface area (Å²) in [6.45, 7) is 2.49. The standard InChI is InChI=1S/C25H24FN7O2/c1-14-10-17(26)16(11-20(14)32-12-19(27-13-32)15-7-8-15)25(35)29-22-6-2-4-18(28-22)23-30-31-24-21(34)5-3-9-33(23)24/h2,4,6,10-13,15,21,34H,3,5,7-9H2,1H3,(H,28,29,35). The van der Waals surface area contributed by atoms with E-state index < -0.39 is 17.8 Å². The maximum absolute atomic E-state index is 14.8. The molecule has 2 N–H and O–H groups in total. The van der Waals surface area contributed by atoms with Gasteiger partial charge in [0.15, 0.2) is 11.6 Å². The largest absolute Gasteiger partial charge is 0.385 e. The molecule has 1 fully saturated rings. The molecule has 0 spiro atoms. The third-order valence-corrected chi connectivity index (χ3v) is 6.56. The first-order valence-corrected chi connectivity index (χ1v) is 11.7. The number of aliphatic hydroxyl groups excluding tert-OH is 1. The maximum atomic E-state index is 14.8. The van der Waals surface area contributed by atoms with Crippen molar-refractivity contribution in [3.63, 3.8) is 0 Å². The Balaban J connectivity index is 1.27. The number of pyridine rings is 1. The number of aryl methyl sites for hydroxylation is 1. The third kappa shape index (κ3) is 3.99. The highest BCUT2D eigenvalue weighted by atomic mass is 19.1. The average Bonchev–Trinajstić information content (AvgIpc) is 3.40. The molecular weight excluding hydrogens is 449 g/mol. The lowest BCUT2D eigenvalue weighted by Gasteiger charge is -2.19. The van der Waals surface area contributed by atoms with Crippen LogP contribution >= 0.6 is 0 Å². The summed E-state index contributed by atoms with van der Waals surface area (Å²) in [7, 11) is 0. The van der Waals surface area contributed by atoms with Crippen LogP contribution in [-0.2, 0) is 6.54 Å². The first-order valence-electron chi connectivity index (χ1n) is 11.7. The minimum absolute atomic E-state index is 0.0811. The molecule has 1 aliphatic heterocycles. The Bertz CT molecular complexity index is 1440. The number of carbonyl (C=O) groups excluding carboxylic acids is 1. The van der Waals surface area contributed by atoms with Gasteiger partial charge in [0.05, 0.1) is 23.3 Å². The number of imidazole rings is 1. The van der Waals surface area contributed by atoms with Crippen LogP contribution in [0.2, 0.25) is 0 Å². The Labute approximate surface area is 200 Å². The van der Waals surface area contributed by atoms with Crippen molar-refractivity contribution in [1.82, 2.24) is 29.3 Å². The molecule has 10 heteroatoms. The van der Waals surface area contributed by atoms with E-state index >= 15 is 0 Å². The van der Waals surface area contributed by atoms with E-state index in [1.807, 2.05) is 15.3 Å². The molecule has 0 bridgehead atoms. The van der Waals surface area contributed by atoms with E-state index in [-0.39, 0.29) is 11.4 Å². The van der Waals surface area contributed by atoms with Crippen LogP contribution in [0.1, 0.15) is 65.1 Å². The highest BCUT2D eigenvalue weighted by Gasteiger charge is 2.27. The summed E-state index contributed by atoms with van der Waals surface area (Å²) < 4.78 is 18.5. The highest BCUT2D eigenvalue weighted by molar-refractivity contribution is 6.04. The van der Waals surface area contributed by atoms with Crippen molar-refractivity contribution in [2.24, 2.45) is 0 Å². The van der Waals surface area contributed by atoms with Crippen molar-refractivity contribution in [3.8, 4) is 17.2 Å². The highest BCUT2D eigenvalue weighted by Crippen LogP contribution is 2.39. The van der Waals surface area contributed by atoms with Crippen LogP contribution in [0.3, 0.4) is 0 Å². The minimum atomic E-state index is -0.651. The molecule has 0 saturated heterocycles. The quantitative estimate of drug-likeness (QED) is 0.454. The van der Waals surface area contributed by atoms with Gasteiger partial charge in [-0.05, 0) is 62.4 Å². The van der Waals surface area contributed by atoms with Crippen LogP contribution in [0.15, 0.2) is 42.9 Å². The first kappa shape index (κ1) is 21.6. The van der Waals surface area contributed by atoms with Gasteiger partial charge in [0.2, 0.25) is 0 Å². The van der Waals surface area contributed by atoms with Crippen LogP contribution in [-0.4, -0.2) is 40.3 Å². The second-order valence-electron chi connectivity index (χ2n) is 9.15. The van der Waals surface area contributed by atoms with E-state index in [0.717, 1.165) is 25.0 Å². The van der Waals surface area contributed by atoms with Gasteiger partial charge in [-0.3, -0.25) is 4.79 Å². The Morgan fingerprint density at radius 1 is 1.20 bits per heavy atom. The maximum Gasteiger partial charge on any atom is 0.259 e. The molecular formula is C25H24FN7O2. The molecule has 0 radical (unpaired) electrons. The average molecular weight is 474 g/mol. The summed E-state index contributed by atoms with van der Waals surface area (Å²) >= 11 is 0. The zero-order chi connectivity index (χ0) is 24.1. The fourth-order valence-corrected chi connectivity index (χ4v) is 4.53. The molecule has 9 nitrogen and oxygen atoms in total. The van der Waals surface area contributed by atoms with Crippen LogP contribution < -0.4 is 5.32 Å². The van der Waals surface area contributed by atoms with Crippen molar-refractivity contribution < 1.29 is 14.3 Å². The molecule has 4 aromatic rings. The van der Waals surface area contributed by atoms with Gasteiger partial charge in [-0.1, -0.05) is 6.07 Å². The van der Waals surface area contributed by atoms with Gasteiger partial charge >= 0.3 is 0 Å². The zero-order valence-electron chi connectivity index (χ0n) is 19.1. The van der Waals surface area contributed by atoms with E-state index in [1.165, 1.54) is 6.07 Å². The number of hydrogen-bond acceptors (Lipinski definition) is 6. The molecule has 1 atom stereocenters. The monoisotopic (exact) mass is 473 g/mol. The normalized spacial score (nSPS) is 17.3. The lowest BCUT2D eigenvalue weighted by Crippen LogP contribution is -2.17. The van der Waals surface area contributed by atoms with Crippen LogP contribution in [0.5, 0.6) is 0 Å². The van der Waals surface area contributed by atoms with E-state index in [9.17, 15) is 14.3 Å². The van der Waals surface area contributed by atoms with Crippen LogP contribution in [0, 0.1) is 12.7 Å². The Morgan fingerprint density at radius 2 is 2.06 bits per heavy atom. The number of aliphatic hydroxyl groups is 1. The number of hydrogen-bond donors (Lipinski definition) is 2. The van der Waals surface area contributed by atoms with Crippen LogP contribution in [0.4, 0.5) is 10.2 Å². The molecule has 35 heavy (non-hydrogen) atoms. The first-order chi connectivity index (χ1) is 17.0. The molecule has 178 valence electrons. The molecule has 4 heterocycles. The van der Waals surface area contributed by atoms with Crippen molar-refractivity contribution in [1.29, 1.82) is 0 Å². The molecule has 2 aliphatic rings.